The number of carbonyl (C=O) groups excluding carboxylic acids is 1. The highest BCUT2D eigenvalue weighted by Crippen LogP contribution is 2.26. The SMILES string of the molecule is O=C(O)c1ccc(Br)c(NC(=O)c2cc(Br)ccc2I)c1. The van der Waals surface area contributed by atoms with Gasteiger partial charge < -0.3 is 10.4 Å². The predicted molar refractivity (Wildman–Crippen MR) is 95.9 cm³/mol. The number of nitrogens with one attached hydrogen (secondary N) is 1. The first kappa shape index (κ1) is 16.4. The zero-order valence-corrected chi connectivity index (χ0v) is 15.7. The van der Waals surface area contributed by atoms with Crippen LogP contribution in [0, 0.1) is 3.57 Å². The maximum absolute atomic E-state index is 12.3. The van der Waals surface area contributed by atoms with Crippen LogP contribution >= 0.6 is 54.5 Å². The van der Waals surface area contributed by atoms with E-state index in [1.807, 2.05) is 12.1 Å². The van der Waals surface area contributed by atoms with Gasteiger partial charge in [0, 0.05) is 12.5 Å². The van der Waals surface area contributed by atoms with E-state index in [9.17, 15) is 9.59 Å². The smallest absolute Gasteiger partial charge is 0.335 e. The zero-order chi connectivity index (χ0) is 15.6. The lowest BCUT2D eigenvalue weighted by molar-refractivity contribution is 0.0696. The molecular weight excluding hydrogens is 517 g/mol. The summed E-state index contributed by atoms with van der Waals surface area (Å²) in [5, 5.41) is 11.7. The lowest BCUT2D eigenvalue weighted by Crippen LogP contribution is -2.14. The fourth-order valence-electron chi connectivity index (χ4n) is 1.62. The molecule has 2 aromatic carbocycles. The summed E-state index contributed by atoms with van der Waals surface area (Å²) in [5.41, 5.74) is 1.03. The van der Waals surface area contributed by atoms with Crippen LogP contribution in [0.3, 0.4) is 0 Å². The van der Waals surface area contributed by atoms with E-state index in [2.05, 4.69) is 59.8 Å². The van der Waals surface area contributed by atoms with Crippen molar-refractivity contribution in [2.24, 2.45) is 0 Å². The molecule has 0 saturated carbocycles. The number of hydrogen-bond donors (Lipinski definition) is 2. The summed E-state index contributed by atoms with van der Waals surface area (Å²) in [4.78, 5) is 23.3. The molecule has 0 saturated heterocycles. The van der Waals surface area contributed by atoms with Gasteiger partial charge in [0.2, 0.25) is 0 Å². The van der Waals surface area contributed by atoms with Crippen molar-refractivity contribution in [2.75, 3.05) is 5.32 Å². The molecule has 0 atom stereocenters. The van der Waals surface area contributed by atoms with Gasteiger partial charge in [-0.3, -0.25) is 4.79 Å². The minimum atomic E-state index is -1.05. The summed E-state index contributed by atoms with van der Waals surface area (Å²) in [6, 6.07) is 9.85. The van der Waals surface area contributed by atoms with E-state index in [0.717, 1.165) is 8.04 Å². The Morgan fingerprint density at radius 2 is 1.81 bits per heavy atom. The zero-order valence-electron chi connectivity index (χ0n) is 10.4. The van der Waals surface area contributed by atoms with Crippen LogP contribution in [0.15, 0.2) is 45.3 Å². The Labute approximate surface area is 151 Å². The molecule has 0 bridgehead atoms. The molecule has 2 N–H and O–H groups in total. The van der Waals surface area contributed by atoms with Crippen molar-refractivity contribution in [3.8, 4) is 0 Å². The van der Waals surface area contributed by atoms with Crippen LogP contribution in [0.25, 0.3) is 0 Å². The van der Waals surface area contributed by atoms with Crippen molar-refractivity contribution in [1.29, 1.82) is 0 Å². The molecule has 7 heteroatoms. The third-order valence-electron chi connectivity index (χ3n) is 2.63. The second kappa shape index (κ2) is 6.89. The molecule has 2 rings (SSSR count). The van der Waals surface area contributed by atoms with Gasteiger partial charge in [-0.2, -0.15) is 0 Å². The summed E-state index contributed by atoms with van der Waals surface area (Å²) in [5.74, 6) is -1.35. The quantitative estimate of drug-likeness (QED) is 0.569. The number of aromatic carboxylic acids is 1. The van der Waals surface area contributed by atoms with Crippen LogP contribution in [0.2, 0.25) is 0 Å². The van der Waals surface area contributed by atoms with Crippen LogP contribution in [-0.2, 0) is 0 Å². The summed E-state index contributed by atoms with van der Waals surface area (Å²) in [7, 11) is 0. The minimum Gasteiger partial charge on any atom is -0.478 e. The monoisotopic (exact) mass is 523 g/mol. The number of carboxylic acid groups (broad SMARTS) is 1. The number of amides is 1. The Hall–Kier alpha value is -0.930. The fraction of sp³-hybridized carbons (Fsp3) is 0. The van der Waals surface area contributed by atoms with E-state index in [0.29, 0.717) is 15.7 Å². The number of benzene rings is 2. The third kappa shape index (κ3) is 4.04. The third-order valence-corrected chi connectivity index (χ3v) is 4.76. The molecule has 21 heavy (non-hydrogen) atoms. The van der Waals surface area contributed by atoms with Crippen molar-refractivity contribution < 1.29 is 14.7 Å². The minimum absolute atomic E-state index is 0.109. The molecule has 0 aliphatic carbocycles. The van der Waals surface area contributed by atoms with Crippen molar-refractivity contribution in [3.63, 3.8) is 0 Å². The van der Waals surface area contributed by atoms with E-state index in [-0.39, 0.29) is 11.5 Å². The first-order valence-electron chi connectivity index (χ1n) is 5.67. The normalized spacial score (nSPS) is 10.2. The van der Waals surface area contributed by atoms with E-state index >= 15 is 0 Å². The van der Waals surface area contributed by atoms with Crippen molar-refractivity contribution >= 4 is 72.0 Å². The highest BCUT2D eigenvalue weighted by atomic mass is 127. The van der Waals surface area contributed by atoms with Gasteiger partial charge in [0.1, 0.15) is 0 Å². The molecule has 1 amide bonds. The van der Waals surface area contributed by atoms with Crippen LogP contribution in [0.1, 0.15) is 20.7 Å². The Kier molecular flexibility index (Phi) is 5.39. The Morgan fingerprint density at radius 1 is 1.10 bits per heavy atom. The Bertz CT molecular complexity index is 734. The summed E-state index contributed by atoms with van der Waals surface area (Å²) in [6.07, 6.45) is 0. The number of rotatable bonds is 3. The maximum Gasteiger partial charge on any atom is 0.335 e. The van der Waals surface area contributed by atoms with Gasteiger partial charge in [-0.1, -0.05) is 15.9 Å². The van der Waals surface area contributed by atoms with Gasteiger partial charge in [-0.15, -0.1) is 0 Å². The van der Waals surface area contributed by atoms with Gasteiger partial charge in [0.05, 0.1) is 16.8 Å². The standard InChI is InChI=1S/C14H8Br2INO3/c15-8-2-4-11(17)9(6-8)13(19)18-12-5-7(14(20)21)1-3-10(12)16/h1-6H,(H,18,19)(H,20,21). The molecule has 2 aromatic rings. The fourth-order valence-corrected chi connectivity index (χ4v) is 2.90. The molecule has 0 aliphatic rings. The number of halogens is 3. The van der Waals surface area contributed by atoms with Gasteiger partial charge >= 0.3 is 5.97 Å². The van der Waals surface area contributed by atoms with Crippen molar-refractivity contribution in [3.05, 3.63) is 60.0 Å². The molecule has 0 aromatic heterocycles. The van der Waals surface area contributed by atoms with E-state index in [1.165, 1.54) is 12.1 Å². The Morgan fingerprint density at radius 3 is 2.48 bits per heavy atom. The summed E-state index contributed by atoms with van der Waals surface area (Å²) >= 11 is 8.69. The first-order chi connectivity index (χ1) is 9.88. The topological polar surface area (TPSA) is 66.4 Å². The molecule has 108 valence electrons. The predicted octanol–water partition coefficient (Wildman–Crippen LogP) is 4.77. The number of carboxylic acids is 1. The second-order valence-corrected chi connectivity index (χ2v) is 7.01. The van der Waals surface area contributed by atoms with E-state index in [4.69, 9.17) is 5.11 Å². The van der Waals surface area contributed by atoms with Gasteiger partial charge in [-0.05, 0) is 74.9 Å². The molecule has 4 nitrogen and oxygen atoms in total. The van der Waals surface area contributed by atoms with E-state index < -0.39 is 5.97 Å². The Balaban J connectivity index is 2.33. The molecule has 0 unspecified atom stereocenters. The van der Waals surface area contributed by atoms with Crippen LogP contribution < -0.4 is 5.32 Å². The highest BCUT2D eigenvalue weighted by Gasteiger charge is 2.14. The number of anilines is 1. The average Bonchev–Trinajstić information content (AvgIpc) is 2.43. The van der Waals surface area contributed by atoms with Gasteiger partial charge in [0.15, 0.2) is 0 Å². The first-order valence-corrected chi connectivity index (χ1v) is 8.34. The number of carbonyl (C=O) groups is 2. The van der Waals surface area contributed by atoms with E-state index in [1.54, 1.807) is 12.1 Å². The largest absolute Gasteiger partial charge is 0.478 e. The molecule has 0 aliphatic heterocycles. The molecular formula is C14H8Br2INO3. The van der Waals surface area contributed by atoms with Gasteiger partial charge in [0.25, 0.3) is 5.91 Å². The maximum atomic E-state index is 12.3. The highest BCUT2D eigenvalue weighted by molar-refractivity contribution is 14.1. The van der Waals surface area contributed by atoms with Crippen LogP contribution in [0.4, 0.5) is 5.69 Å². The summed E-state index contributed by atoms with van der Waals surface area (Å²) < 4.78 is 2.22. The lowest BCUT2D eigenvalue weighted by atomic mass is 10.1. The van der Waals surface area contributed by atoms with Crippen LogP contribution in [-0.4, -0.2) is 17.0 Å². The molecule has 0 fully saturated rings. The second-order valence-electron chi connectivity index (χ2n) is 4.08. The van der Waals surface area contributed by atoms with Crippen molar-refractivity contribution in [2.45, 2.75) is 0 Å². The molecule has 0 heterocycles. The van der Waals surface area contributed by atoms with Crippen LogP contribution in [0.5, 0.6) is 0 Å². The van der Waals surface area contributed by atoms with Crippen molar-refractivity contribution in [1.82, 2.24) is 0 Å². The molecule has 0 spiro atoms. The van der Waals surface area contributed by atoms with Gasteiger partial charge in [-0.25, -0.2) is 4.79 Å². The summed E-state index contributed by atoms with van der Waals surface area (Å²) in [6.45, 7) is 0. The molecule has 0 radical (unpaired) electrons. The lowest BCUT2D eigenvalue weighted by Gasteiger charge is -2.10. The average molecular weight is 525 g/mol. The number of hydrogen-bond acceptors (Lipinski definition) is 2.